The molecule has 0 radical (unpaired) electrons. The zero-order valence-electron chi connectivity index (χ0n) is 18.3. The molecule has 3 fully saturated rings. The number of allylic oxidation sites excluding steroid dienone is 1. The molecule has 0 bridgehead atoms. The summed E-state index contributed by atoms with van der Waals surface area (Å²) in [4.78, 5) is 36.1. The van der Waals surface area contributed by atoms with Gasteiger partial charge in [-0.15, -0.1) is 0 Å². The van der Waals surface area contributed by atoms with Crippen LogP contribution >= 0.6 is 0 Å². The van der Waals surface area contributed by atoms with Gasteiger partial charge in [-0.25, -0.2) is 0 Å². The van der Waals surface area contributed by atoms with Crippen molar-refractivity contribution in [2.45, 2.75) is 78.7 Å². The number of hydrogen-bond donors (Lipinski definition) is 0. The maximum Gasteiger partial charge on any atom is 0.308 e. The Morgan fingerprint density at radius 3 is 2.43 bits per heavy atom. The highest BCUT2D eigenvalue weighted by atomic mass is 16.5. The first kappa shape index (κ1) is 21.1. The van der Waals surface area contributed by atoms with E-state index in [1.807, 2.05) is 0 Å². The van der Waals surface area contributed by atoms with Crippen molar-refractivity contribution < 1.29 is 23.9 Å². The number of hydrogen-bond acceptors (Lipinski definition) is 6. The van der Waals surface area contributed by atoms with Gasteiger partial charge in [0, 0.05) is 19.3 Å². The van der Waals surface area contributed by atoms with Gasteiger partial charge in [0.2, 0.25) is 5.78 Å². The maximum atomic E-state index is 12.8. The van der Waals surface area contributed by atoms with Gasteiger partial charge in [-0.2, -0.15) is 5.26 Å². The number of carbonyl (C=O) groups is 3. The molecule has 6 nitrogen and oxygen atoms in total. The van der Waals surface area contributed by atoms with Crippen molar-refractivity contribution >= 4 is 17.7 Å². The smallest absolute Gasteiger partial charge is 0.308 e. The van der Waals surface area contributed by atoms with Crippen LogP contribution in [0, 0.1) is 45.8 Å². The van der Waals surface area contributed by atoms with Gasteiger partial charge in [-0.05, 0) is 73.7 Å². The molecule has 0 amide bonds. The quantitative estimate of drug-likeness (QED) is 0.633. The standard InChI is InChI=1S/C24H31NO5/c1-13(26)29-20-8-7-17-16-5-6-19-22(30-14(2)27)21(28)15(12-25)11-24(19,4)18(16)9-10-23(17,20)3/h15-18,20H,5-11H2,1-4H3. The molecular weight excluding hydrogens is 382 g/mol. The molecule has 0 aromatic rings. The molecular formula is C24H31NO5. The molecule has 4 rings (SSSR count). The van der Waals surface area contributed by atoms with Crippen LogP contribution in [0.15, 0.2) is 11.3 Å². The minimum atomic E-state index is -0.766. The molecule has 7 unspecified atom stereocenters. The Hall–Kier alpha value is -2.16. The number of esters is 2. The van der Waals surface area contributed by atoms with Crippen LogP contribution in [-0.2, 0) is 23.9 Å². The van der Waals surface area contributed by atoms with Crippen molar-refractivity contribution in [2.24, 2.45) is 34.5 Å². The summed E-state index contributed by atoms with van der Waals surface area (Å²) < 4.78 is 11.1. The Morgan fingerprint density at radius 1 is 1.07 bits per heavy atom. The van der Waals surface area contributed by atoms with Crippen LogP contribution in [0.3, 0.4) is 0 Å². The molecule has 30 heavy (non-hydrogen) atoms. The first-order chi connectivity index (χ1) is 14.1. The van der Waals surface area contributed by atoms with Crippen LogP contribution in [0.4, 0.5) is 0 Å². The largest absolute Gasteiger partial charge is 0.462 e. The normalized spacial score (nSPS) is 42.5. The number of Topliss-reactive ketones (excluding diaryl/α,β-unsaturated/α-hetero) is 1. The molecule has 4 aliphatic carbocycles. The summed E-state index contributed by atoms with van der Waals surface area (Å²) in [5, 5.41) is 9.64. The lowest BCUT2D eigenvalue weighted by Gasteiger charge is -2.58. The number of fused-ring (bicyclic) bond motifs is 5. The van der Waals surface area contributed by atoms with E-state index < -0.39 is 11.9 Å². The summed E-state index contributed by atoms with van der Waals surface area (Å²) in [5.41, 5.74) is 0.610. The maximum absolute atomic E-state index is 12.8. The second-order valence-electron chi connectivity index (χ2n) is 10.2. The fourth-order valence-corrected chi connectivity index (χ4v) is 7.48. The number of nitriles is 1. The second kappa shape index (κ2) is 7.21. The molecule has 4 aliphatic rings. The Bertz CT molecular complexity index is 869. The van der Waals surface area contributed by atoms with Gasteiger partial charge in [0.1, 0.15) is 12.0 Å². The lowest BCUT2D eigenvalue weighted by Crippen LogP contribution is -2.53. The summed E-state index contributed by atoms with van der Waals surface area (Å²) in [7, 11) is 0. The molecule has 3 saturated carbocycles. The topological polar surface area (TPSA) is 93.5 Å². The van der Waals surface area contributed by atoms with Crippen LogP contribution in [0.1, 0.15) is 72.6 Å². The summed E-state index contributed by atoms with van der Waals surface area (Å²) in [6, 6.07) is 2.16. The average Bonchev–Trinajstić information content (AvgIpc) is 2.99. The van der Waals surface area contributed by atoms with Crippen molar-refractivity contribution in [1.29, 1.82) is 5.26 Å². The highest BCUT2D eigenvalue weighted by Crippen LogP contribution is 2.66. The van der Waals surface area contributed by atoms with Crippen molar-refractivity contribution in [3.05, 3.63) is 11.3 Å². The van der Waals surface area contributed by atoms with E-state index in [9.17, 15) is 19.6 Å². The lowest BCUT2D eigenvalue weighted by atomic mass is 9.46. The van der Waals surface area contributed by atoms with Crippen LogP contribution in [0.2, 0.25) is 0 Å². The van der Waals surface area contributed by atoms with Gasteiger partial charge in [0.15, 0.2) is 5.76 Å². The average molecular weight is 414 g/mol. The van der Waals surface area contributed by atoms with Crippen molar-refractivity contribution in [1.82, 2.24) is 0 Å². The van der Waals surface area contributed by atoms with Crippen molar-refractivity contribution in [3.8, 4) is 6.07 Å². The van der Waals surface area contributed by atoms with E-state index in [4.69, 9.17) is 9.47 Å². The number of ether oxygens (including phenoxy) is 2. The van der Waals surface area contributed by atoms with E-state index in [1.165, 1.54) is 13.8 Å². The van der Waals surface area contributed by atoms with E-state index in [2.05, 4.69) is 19.9 Å². The molecule has 0 N–H and O–H groups in total. The second-order valence-corrected chi connectivity index (χ2v) is 10.2. The summed E-state index contributed by atoms with van der Waals surface area (Å²) in [6.07, 6.45) is 6.02. The Kier molecular flexibility index (Phi) is 5.07. The molecule has 162 valence electrons. The van der Waals surface area contributed by atoms with E-state index in [-0.39, 0.29) is 34.4 Å². The zero-order valence-corrected chi connectivity index (χ0v) is 18.3. The van der Waals surface area contributed by atoms with E-state index in [1.54, 1.807) is 0 Å². The van der Waals surface area contributed by atoms with Gasteiger partial charge < -0.3 is 9.47 Å². The van der Waals surface area contributed by atoms with E-state index >= 15 is 0 Å². The van der Waals surface area contributed by atoms with Gasteiger partial charge in [-0.3, -0.25) is 14.4 Å². The van der Waals surface area contributed by atoms with E-state index in [0.29, 0.717) is 24.2 Å². The zero-order chi connectivity index (χ0) is 21.8. The molecule has 0 saturated heterocycles. The lowest BCUT2D eigenvalue weighted by molar-refractivity contribution is -0.157. The highest BCUT2D eigenvalue weighted by molar-refractivity contribution is 6.00. The molecule has 6 heteroatoms. The molecule has 0 spiro atoms. The molecule has 0 aromatic carbocycles. The van der Waals surface area contributed by atoms with Gasteiger partial charge in [0.25, 0.3) is 0 Å². The minimum absolute atomic E-state index is 0.0117. The third-order valence-electron chi connectivity index (χ3n) is 8.74. The SMILES string of the molecule is CC(=O)OC1=C2CCC3C(CCC4(C)C(OC(C)=O)CCC34)C2(C)CC(C#N)C1=O. The molecule has 7 atom stereocenters. The third-order valence-corrected chi connectivity index (χ3v) is 8.74. The monoisotopic (exact) mass is 413 g/mol. The fourth-order valence-electron chi connectivity index (χ4n) is 7.48. The van der Waals surface area contributed by atoms with Crippen molar-refractivity contribution in [2.75, 3.05) is 0 Å². The van der Waals surface area contributed by atoms with Crippen LogP contribution in [0.25, 0.3) is 0 Å². The summed E-state index contributed by atoms with van der Waals surface area (Å²) in [6.45, 7) is 7.23. The predicted molar refractivity (Wildman–Crippen MR) is 107 cm³/mol. The van der Waals surface area contributed by atoms with Crippen LogP contribution in [-0.4, -0.2) is 23.8 Å². The van der Waals surface area contributed by atoms with E-state index in [0.717, 1.165) is 44.1 Å². The van der Waals surface area contributed by atoms with Crippen LogP contribution in [0.5, 0.6) is 0 Å². The summed E-state index contributed by atoms with van der Waals surface area (Å²) in [5.74, 6) is -0.418. The Morgan fingerprint density at radius 2 is 1.80 bits per heavy atom. The minimum Gasteiger partial charge on any atom is -0.462 e. The van der Waals surface area contributed by atoms with Crippen LogP contribution < -0.4 is 0 Å². The predicted octanol–water partition coefficient (Wildman–Crippen LogP) is 4.09. The number of nitrogens with zero attached hydrogens (tertiary/aromatic N) is 1. The number of rotatable bonds is 2. The Labute approximate surface area is 178 Å². The Balaban J connectivity index is 1.70. The highest BCUT2D eigenvalue weighted by Gasteiger charge is 2.61. The first-order valence-electron chi connectivity index (χ1n) is 11.1. The molecule has 0 heterocycles. The molecule has 0 aliphatic heterocycles. The van der Waals surface area contributed by atoms with Gasteiger partial charge in [-0.1, -0.05) is 13.8 Å². The van der Waals surface area contributed by atoms with Gasteiger partial charge >= 0.3 is 11.9 Å². The summed E-state index contributed by atoms with van der Waals surface area (Å²) >= 11 is 0. The van der Waals surface area contributed by atoms with Crippen molar-refractivity contribution in [3.63, 3.8) is 0 Å². The molecule has 0 aromatic heterocycles. The fraction of sp³-hybridized carbons (Fsp3) is 0.750. The van der Waals surface area contributed by atoms with Gasteiger partial charge in [0.05, 0.1) is 6.07 Å². The number of ketones is 1. The number of carbonyl (C=O) groups excluding carboxylic acids is 3. The first-order valence-corrected chi connectivity index (χ1v) is 11.1. The third kappa shape index (κ3) is 3.01.